The predicted octanol–water partition coefficient (Wildman–Crippen LogP) is 3.65. The maximum atomic E-state index is 12.4. The van der Waals surface area contributed by atoms with Gasteiger partial charge in [0.2, 0.25) is 0 Å². The highest BCUT2D eigenvalue weighted by atomic mass is 16.5. The lowest BCUT2D eigenvalue weighted by atomic mass is 9.98. The van der Waals surface area contributed by atoms with Gasteiger partial charge in [-0.3, -0.25) is 4.79 Å². The molecule has 1 saturated carbocycles. The first-order valence-electron chi connectivity index (χ1n) is 8.69. The van der Waals surface area contributed by atoms with Crippen LogP contribution in [0.5, 0.6) is 0 Å². The van der Waals surface area contributed by atoms with E-state index in [9.17, 15) is 4.79 Å². The molecule has 4 heteroatoms. The number of carbonyl (C=O) groups excluding carboxylic acids is 1. The van der Waals surface area contributed by atoms with Gasteiger partial charge in [0.25, 0.3) is 5.91 Å². The zero-order valence-electron chi connectivity index (χ0n) is 13.9. The number of amides is 1. The second-order valence-corrected chi connectivity index (χ2v) is 6.41. The number of carbonyl (C=O) groups is 1. The summed E-state index contributed by atoms with van der Waals surface area (Å²) in [6.45, 7) is 1.40. The first-order valence-corrected chi connectivity index (χ1v) is 8.69. The second-order valence-electron chi connectivity index (χ2n) is 6.41. The molecule has 1 heterocycles. The molecule has 1 aromatic carbocycles. The van der Waals surface area contributed by atoms with Crippen LogP contribution in [0.25, 0.3) is 10.9 Å². The third-order valence-electron chi connectivity index (χ3n) is 4.65. The van der Waals surface area contributed by atoms with Gasteiger partial charge in [-0.2, -0.15) is 0 Å². The van der Waals surface area contributed by atoms with Crippen molar-refractivity contribution in [1.29, 1.82) is 0 Å². The molecule has 1 aromatic heterocycles. The van der Waals surface area contributed by atoms with Crippen LogP contribution in [0.1, 0.15) is 48.9 Å². The molecule has 3 rings (SSSR count). The number of para-hydroxylation sites is 1. The molecular weight excluding hydrogens is 288 g/mol. The number of aromatic nitrogens is 1. The Balaban J connectivity index is 1.45. The van der Waals surface area contributed by atoms with Gasteiger partial charge in [0.15, 0.2) is 0 Å². The van der Waals surface area contributed by atoms with E-state index in [1.54, 1.807) is 0 Å². The number of nitrogens with zero attached hydrogens (tertiary/aromatic N) is 1. The molecule has 4 nitrogen and oxygen atoms in total. The van der Waals surface area contributed by atoms with E-state index in [-0.39, 0.29) is 5.91 Å². The molecule has 1 amide bonds. The fraction of sp³-hybridized carbons (Fsp3) is 0.526. The molecular formula is C19H26N2O2. The molecule has 1 fully saturated rings. The number of nitrogens with one attached hydrogen (secondary N) is 1. The quantitative estimate of drug-likeness (QED) is 0.827. The van der Waals surface area contributed by atoms with Crippen LogP contribution >= 0.6 is 0 Å². The molecule has 0 unspecified atom stereocenters. The number of aryl methyl sites for hydroxylation is 1. The van der Waals surface area contributed by atoms with E-state index in [2.05, 4.69) is 5.32 Å². The molecule has 0 spiro atoms. The Morgan fingerprint density at radius 3 is 2.87 bits per heavy atom. The van der Waals surface area contributed by atoms with Crippen molar-refractivity contribution >= 4 is 16.8 Å². The van der Waals surface area contributed by atoms with Crippen molar-refractivity contribution in [3.8, 4) is 0 Å². The number of hydrogen-bond acceptors (Lipinski definition) is 2. The van der Waals surface area contributed by atoms with E-state index in [0.29, 0.717) is 12.6 Å². The molecule has 1 N–H and O–H groups in total. The summed E-state index contributed by atoms with van der Waals surface area (Å²) in [5, 5.41) is 4.02. The summed E-state index contributed by atoms with van der Waals surface area (Å²) in [5.41, 5.74) is 1.83. The summed E-state index contributed by atoms with van der Waals surface area (Å²) in [5.74, 6) is -0.000494. The van der Waals surface area contributed by atoms with Crippen molar-refractivity contribution < 1.29 is 9.53 Å². The van der Waals surface area contributed by atoms with Crippen molar-refractivity contribution in [1.82, 2.24) is 9.88 Å². The van der Waals surface area contributed by atoms with Gasteiger partial charge in [-0.15, -0.1) is 0 Å². The molecule has 124 valence electrons. The van der Waals surface area contributed by atoms with Crippen molar-refractivity contribution in [2.24, 2.45) is 7.05 Å². The van der Waals surface area contributed by atoms with Crippen molar-refractivity contribution in [2.75, 3.05) is 13.2 Å². The maximum absolute atomic E-state index is 12.4. The minimum atomic E-state index is -0.000494. The molecule has 0 bridgehead atoms. The summed E-state index contributed by atoms with van der Waals surface area (Å²) >= 11 is 0. The molecule has 0 radical (unpaired) electrons. The minimum Gasteiger partial charge on any atom is -0.378 e. The highest BCUT2D eigenvalue weighted by Gasteiger charge is 2.14. The average Bonchev–Trinajstić information content (AvgIpc) is 2.93. The van der Waals surface area contributed by atoms with Crippen LogP contribution in [0.15, 0.2) is 30.5 Å². The Morgan fingerprint density at radius 1 is 1.26 bits per heavy atom. The van der Waals surface area contributed by atoms with E-state index in [1.165, 1.54) is 32.1 Å². The molecule has 1 aliphatic carbocycles. The van der Waals surface area contributed by atoms with E-state index in [1.807, 2.05) is 42.1 Å². The van der Waals surface area contributed by atoms with Gasteiger partial charge in [0.1, 0.15) is 0 Å². The Hall–Kier alpha value is -1.81. The van der Waals surface area contributed by atoms with Crippen LogP contribution < -0.4 is 5.32 Å². The fourth-order valence-electron chi connectivity index (χ4n) is 3.37. The summed E-state index contributed by atoms with van der Waals surface area (Å²) < 4.78 is 7.89. The SMILES string of the molecule is Cn1cc(C(=O)NCCCOC2CCCCC2)c2ccccc21. The van der Waals surface area contributed by atoms with Gasteiger partial charge < -0.3 is 14.6 Å². The zero-order valence-corrected chi connectivity index (χ0v) is 13.9. The maximum Gasteiger partial charge on any atom is 0.253 e. The molecule has 0 saturated heterocycles. The normalized spacial score (nSPS) is 15.9. The molecule has 23 heavy (non-hydrogen) atoms. The van der Waals surface area contributed by atoms with Crippen LogP contribution in [-0.2, 0) is 11.8 Å². The van der Waals surface area contributed by atoms with E-state index < -0.39 is 0 Å². The summed E-state index contributed by atoms with van der Waals surface area (Å²) in [6, 6.07) is 7.99. The van der Waals surface area contributed by atoms with Gasteiger partial charge in [0.05, 0.1) is 11.7 Å². The van der Waals surface area contributed by atoms with Crippen LogP contribution in [0.2, 0.25) is 0 Å². The largest absolute Gasteiger partial charge is 0.378 e. The van der Waals surface area contributed by atoms with Crippen molar-refractivity contribution in [3.63, 3.8) is 0 Å². The monoisotopic (exact) mass is 314 g/mol. The number of ether oxygens (including phenoxy) is 1. The standard InChI is InChI=1S/C19H26N2O2/c1-21-14-17(16-10-5-6-11-18(16)21)19(22)20-12-7-13-23-15-8-3-2-4-9-15/h5-6,10-11,14-15H,2-4,7-9,12-13H2,1H3,(H,20,22). The fourth-order valence-corrected chi connectivity index (χ4v) is 3.37. The number of hydrogen-bond donors (Lipinski definition) is 1. The van der Waals surface area contributed by atoms with Gasteiger partial charge in [0, 0.05) is 37.3 Å². The van der Waals surface area contributed by atoms with Gasteiger partial charge in [-0.25, -0.2) is 0 Å². The van der Waals surface area contributed by atoms with Gasteiger partial charge in [-0.05, 0) is 25.3 Å². The second kappa shape index (κ2) is 7.64. The van der Waals surface area contributed by atoms with Gasteiger partial charge in [-0.1, -0.05) is 37.5 Å². The third-order valence-corrected chi connectivity index (χ3v) is 4.65. The number of rotatable bonds is 6. The zero-order chi connectivity index (χ0) is 16.1. The van der Waals surface area contributed by atoms with Crippen LogP contribution in [0.3, 0.4) is 0 Å². The summed E-state index contributed by atoms with van der Waals surface area (Å²) in [7, 11) is 1.97. The smallest absolute Gasteiger partial charge is 0.253 e. The Morgan fingerprint density at radius 2 is 2.04 bits per heavy atom. The lowest BCUT2D eigenvalue weighted by molar-refractivity contribution is 0.0273. The molecule has 2 aromatic rings. The molecule has 0 atom stereocenters. The molecule has 1 aliphatic rings. The first kappa shape index (κ1) is 16.1. The first-order chi connectivity index (χ1) is 11.3. The van der Waals surface area contributed by atoms with Crippen LogP contribution in [0.4, 0.5) is 0 Å². The minimum absolute atomic E-state index is 0.000494. The van der Waals surface area contributed by atoms with Crippen molar-refractivity contribution in [3.05, 3.63) is 36.0 Å². The Kier molecular flexibility index (Phi) is 5.34. The van der Waals surface area contributed by atoms with E-state index in [4.69, 9.17) is 4.74 Å². The third kappa shape index (κ3) is 3.94. The highest BCUT2D eigenvalue weighted by Crippen LogP contribution is 2.21. The average molecular weight is 314 g/mol. The highest BCUT2D eigenvalue weighted by molar-refractivity contribution is 6.06. The number of benzene rings is 1. The Bertz CT molecular complexity index is 656. The number of fused-ring (bicyclic) bond motifs is 1. The summed E-state index contributed by atoms with van der Waals surface area (Å²) in [6.07, 6.45) is 9.54. The van der Waals surface area contributed by atoms with E-state index in [0.717, 1.165) is 29.5 Å². The predicted molar refractivity (Wildman–Crippen MR) is 92.7 cm³/mol. The van der Waals surface area contributed by atoms with Gasteiger partial charge >= 0.3 is 0 Å². The van der Waals surface area contributed by atoms with Crippen LogP contribution in [-0.4, -0.2) is 29.7 Å². The van der Waals surface area contributed by atoms with Crippen molar-refractivity contribution in [2.45, 2.75) is 44.6 Å². The van der Waals surface area contributed by atoms with Crippen LogP contribution in [0, 0.1) is 0 Å². The lowest BCUT2D eigenvalue weighted by Crippen LogP contribution is -2.26. The lowest BCUT2D eigenvalue weighted by Gasteiger charge is -2.21. The van der Waals surface area contributed by atoms with E-state index >= 15 is 0 Å². The topological polar surface area (TPSA) is 43.3 Å². The Labute approximate surface area is 137 Å². The molecule has 0 aliphatic heterocycles. The summed E-state index contributed by atoms with van der Waals surface area (Å²) in [4.78, 5) is 12.4.